The summed E-state index contributed by atoms with van der Waals surface area (Å²) in [7, 11) is 0. The van der Waals surface area contributed by atoms with Gasteiger partial charge in [0.05, 0.1) is 13.0 Å². The summed E-state index contributed by atoms with van der Waals surface area (Å²) in [6.07, 6.45) is 3.02. The quantitative estimate of drug-likeness (QED) is 0.221. The van der Waals surface area contributed by atoms with E-state index in [4.69, 9.17) is 22.6 Å². The molecule has 31 heavy (non-hydrogen) atoms. The van der Waals surface area contributed by atoms with Crippen molar-refractivity contribution >= 4 is 35.2 Å². The minimum atomic E-state index is -0.934. The van der Waals surface area contributed by atoms with E-state index in [1.54, 1.807) is 44.2 Å². The maximum atomic E-state index is 12.1. The number of nitrogens with zero attached hydrogens (tertiary/aromatic N) is 1. The average Bonchev–Trinajstić information content (AvgIpc) is 2.72. The molecule has 7 heteroatoms. The van der Waals surface area contributed by atoms with Gasteiger partial charge in [0, 0.05) is 22.5 Å². The zero-order chi connectivity index (χ0) is 23.0. The summed E-state index contributed by atoms with van der Waals surface area (Å²) in [5.41, 5.74) is 4.36. The van der Waals surface area contributed by atoms with Gasteiger partial charge in [0.2, 0.25) is 5.91 Å². The third kappa shape index (κ3) is 7.77. The summed E-state index contributed by atoms with van der Waals surface area (Å²) in [5, 5.41) is 14.0. The van der Waals surface area contributed by atoms with Crippen molar-refractivity contribution in [1.82, 2.24) is 5.01 Å². The second kappa shape index (κ2) is 11.2. The Morgan fingerprint density at radius 1 is 1.13 bits per heavy atom. The van der Waals surface area contributed by atoms with E-state index in [0.29, 0.717) is 34.1 Å². The van der Waals surface area contributed by atoms with E-state index in [2.05, 4.69) is 11.9 Å². The molecule has 0 fully saturated rings. The molecule has 0 radical (unpaired) electrons. The van der Waals surface area contributed by atoms with E-state index >= 15 is 0 Å². The van der Waals surface area contributed by atoms with Crippen LogP contribution in [0.3, 0.4) is 0 Å². The Hall–Kier alpha value is -3.35. The van der Waals surface area contributed by atoms with Crippen molar-refractivity contribution in [3.63, 3.8) is 0 Å². The Labute approximate surface area is 187 Å². The topological polar surface area (TPSA) is 95.7 Å². The fourth-order valence-electron chi connectivity index (χ4n) is 2.85. The smallest absolute Gasteiger partial charge is 0.307 e. The molecule has 0 unspecified atom stereocenters. The number of hydrogen-bond donors (Lipinski definition) is 3. The molecule has 4 N–H and O–H groups in total. The molecule has 2 rings (SSSR count). The van der Waals surface area contributed by atoms with Crippen molar-refractivity contribution in [2.75, 3.05) is 5.32 Å². The Morgan fingerprint density at radius 2 is 1.74 bits per heavy atom. The Morgan fingerprint density at radius 3 is 2.29 bits per heavy atom. The number of halogens is 1. The van der Waals surface area contributed by atoms with Gasteiger partial charge >= 0.3 is 5.97 Å². The van der Waals surface area contributed by atoms with Gasteiger partial charge in [-0.25, -0.2) is 5.84 Å². The SMILES string of the molecule is C=C(C)/C(CC(=O)O)=C(/C)N(N)Cc1ccc(NC(=O)/C=C/c2ccc(Cl)cc2)cc1. The van der Waals surface area contributed by atoms with Crippen LogP contribution in [-0.4, -0.2) is 22.0 Å². The molecular weight excluding hydrogens is 414 g/mol. The molecule has 1 amide bonds. The first-order chi connectivity index (χ1) is 14.7. The molecule has 0 bridgehead atoms. The molecule has 6 nitrogen and oxygen atoms in total. The molecule has 0 atom stereocenters. The number of carboxylic acid groups (broad SMARTS) is 1. The third-order valence-corrected chi connectivity index (χ3v) is 4.83. The number of allylic oxidation sites excluding steroid dienone is 2. The van der Waals surface area contributed by atoms with Crippen molar-refractivity contribution in [2.24, 2.45) is 5.84 Å². The van der Waals surface area contributed by atoms with Crippen LogP contribution in [0, 0.1) is 0 Å². The zero-order valence-corrected chi connectivity index (χ0v) is 18.3. The van der Waals surface area contributed by atoms with E-state index in [1.807, 2.05) is 24.3 Å². The van der Waals surface area contributed by atoms with E-state index in [-0.39, 0.29) is 12.3 Å². The van der Waals surface area contributed by atoms with Crippen molar-refractivity contribution < 1.29 is 14.7 Å². The Bertz CT molecular complexity index is 1010. The van der Waals surface area contributed by atoms with E-state index in [9.17, 15) is 9.59 Å². The number of carboxylic acids is 1. The number of rotatable bonds is 9. The van der Waals surface area contributed by atoms with Gasteiger partial charge < -0.3 is 15.4 Å². The molecule has 0 aromatic heterocycles. The summed E-state index contributed by atoms with van der Waals surface area (Å²) < 4.78 is 0. The van der Waals surface area contributed by atoms with Gasteiger partial charge in [-0.3, -0.25) is 9.59 Å². The Balaban J connectivity index is 1.99. The molecule has 0 aliphatic rings. The normalized spacial score (nSPS) is 11.7. The van der Waals surface area contributed by atoms with Gasteiger partial charge in [0.15, 0.2) is 0 Å². The van der Waals surface area contributed by atoms with Gasteiger partial charge in [-0.05, 0) is 60.9 Å². The summed E-state index contributed by atoms with van der Waals surface area (Å²) in [5.74, 6) is 4.96. The number of carbonyl (C=O) groups excluding carboxylic acids is 1. The number of hydrogen-bond acceptors (Lipinski definition) is 4. The molecule has 0 saturated carbocycles. The van der Waals surface area contributed by atoms with Crippen molar-refractivity contribution in [1.29, 1.82) is 0 Å². The molecule has 0 saturated heterocycles. The summed E-state index contributed by atoms with van der Waals surface area (Å²) >= 11 is 5.85. The number of hydrazine groups is 1. The first-order valence-electron chi connectivity index (χ1n) is 9.59. The lowest BCUT2D eigenvalue weighted by Gasteiger charge is -2.23. The number of anilines is 1. The molecule has 0 spiro atoms. The highest BCUT2D eigenvalue weighted by Crippen LogP contribution is 2.20. The monoisotopic (exact) mass is 439 g/mol. The molecule has 162 valence electrons. The van der Waals surface area contributed by atoms with Crippen molar-refractivity contribution in [2.45, 2.75) is 26.8 Å². The highest BCUT2D eigenvalue weighted by molar-refractivity contribution is 6.30. The minimum absolute atomic E-state index is 0.136. The molecular formula is C24H26ClN3O3. The molecule has 0 aliphatic carbocycles. The van der Waals surface area contributed by atoms with Crippen molar-refractivity contribution in [3.05, 3.63) is 94.2 Å². The fourth-order valence-corrected chi connectivity index (χ4v) is 2.98. The second-order valence-corrected chi connectivity index (χ2v) is 7.55. The number of benzene rings is 2. The highest BCUT2D eigenvalue weighted by atomic mass is 35.5. The maximum absolute atomic E-state index is 12.1. The van der Waals surface area contributed by atoms with Crippen LogP contribution in [0.4, 0.5) is 5.69 Å². The summed E-state index contributed by atoms with van der Waals surface area (Å²) in [6, 6.07) is 14.4. The van der Waals surface area contributed by atoms with Gasteiger partial charge in [-0.2, -0.15) is 0 Å². The standard InChI is InChI=1S/C24H26ClN3O3/c1-16(2)22(14-24(30)31)17(3)28(26)15-19-6-11-21(12-7-19)27-23(29)13-8-18-4-9-20(25)10-5-18/h4-13H,1,14-15,26H2,2-3H3,(H,27,29)(H,30,31)/b13-8+,22-17-. The lowest BCUT2D eigenvalue weighted by Crippen LogP contribution is -2.30. The number of carbonyl (C=O) groups is 2. The van der Waals surface area contributed by atoms with Gasteiger partial charge in [0.1, 0.15) is 0 Å². The first-order valence-corrected chi connectivity index (χ1v) is 9.96. The largest absolute Gasteiger partial charge is 0.481 e. The number of aliphatic carboxylic acids is 1. The van der Waals surface area contributed by atoms with Crippen LogP contribution in [-0.2, 0) is 16.1 Å². The van der Waals surface area contributed by atoms with E-state index in [1.165, 1.54) is 11.1 Å². The van der Waals surface area contributed by atoms with Gasteiger partial charge in [-0.1, -0.05) is 48.0 Å². The number of nitrogens with two attached hydrogens (primary N) is 1. The minimum Gasteiger partial charge on any atom is -0.481 e. The van der Waals surface area contributed by atoms with Crippen LogP contribution in [0.5, 0.6) is 0 Å². The number of amides is 1. The first kappa shape index (κ1) is 23.9. The van der Waals surface area contributed by atoms with E-state index in [0.717, 1.165) is 11.1 Å². The highest BCUT2D eigenvalue weighted by Gasteiger charge is 2.13. The predicted molar refractivity (Wildman–Crippen MR) is 125 cm³/mol. The van der Waals surface area contributed by atoms with Gasteiger partial charge in [0.25, 0.3) is 0 Å². The van der Waals surface area contributed by atoms with Gasteiger partial charge in [-0.15, -0.1) is 0 Å². The summed E-state index contributed by atoms with van der Waals surface area (Å²) in [6.45, 7) is 7.75. The fraction of sp³-hybridized carbons (Fsp3) is 0.167. The lowest BCUT2D eigenvalue weighted by molar-refractivity contribution is -0.136. The van der Waals surface area contributed by atoms with Crippen LogP contribution in [0.25, 0.3) is 6.08 Å². The van der Waals surface area contributed by atoms with Crippen LogP contribution < -0.4 is 11.2 Å². The predicted octanol–water partition coefficient (Wildman–Crippen LogP) is 4.99. The van der Waals surface area contributed by atoms with Crippen LogP contribution >= 0.6 is 11.6 Å². The zero-order valence-electron chi connectivity index (χ0n) is 17.6. The Kier molecular flexibility index (Phi) is 8.61. The van der Waals surface area contributed by atoms with Crippen LogP contribution in [0.15, 0.2) is 78.0 Å². The average molecular weight is 440 g/mol. The number of nitrogens with one attached hydrogen (secondary N) is 1. The molecule has 2 aromatic rings. The molecule has 0 heterocycles. The third-order valence-electron chi connectivity index (χ3n) is 4.58. The lowest BCUT2D eigenvalue weighted by atomic mass is 10.0. The second-order valence-electron chi connectivity index (χ2n) is 7.11. The maximum Gasteiger partial charge on any atom is 0.307 e. The molecule has 0 aliphatic heterocycles. The van der Waals surface area contributed by atoms with E-state index < -0.39 is 5.97 Å². The van der Waals surface area contributed by atoms with Crippen molar-refractivity contribution in [3.8, 4) is 0 Å². The van der Waals surface area contributed by atoms with Crippen LogP contribution in [0.1, 0.15) is 31.4 Å². The summed E-state index contributed by atoms with van der Waals surface area (Å²) in [4.78, 5) is 23.2. The van der Waals surface area contributed by atoms with Crippen LogP contribution in [0.2, 0.25) is 5.02 Å². The molecule has 2 aromatic carbocycles.